The molecule has 0 spiro atoms. The van der Waals surface area contributed by atoms with Crippen LogP contribution in [0.2, 0.25) is 5.02 Å². The van der Waals surface area contributed by atoms with Crippen LogP contribution in [0.4, 0.5) is 10.5 Å². The zero-order valence-electron chi connectivity index (χ0n) is 17.5. The Labute approximate surface area is 181 Å². The number of fused-ring (bicyclic) bond motifs is 1. The zero-order valence-corrected chi connectivity index (χ0v) is 18.3. The molecule has 30 heavy (non-hydrogen) atoms. The van der Waals surface area contributed by atoms with E-state index in [0.29, 0.717) is 29.4 Å². The lowest BCUT2D eigenvalue weighted by atomic mass is 10.1. The molecule has 0 saturated carbocycles. The number of halogens is 1. The molecule has 0 bridgehead atoms. The summed E-state index contributed by atoms with van der Waals surface area (Å²) >= 11 is 5.92. The van der Waals surface area contributed by atoms with Crippen LogP contribution in [0.5, 0.6) is 0 Å². The fourth-order valence-electron chi connectivity index (χ4n) is 3.15. The predicted molar refractivity (Wildman–Crippen MR) is 123 cm³/mol. The monoisotopic (exact) mass is 426 g/mol. The average molecular weight is 427 g/mol. The molecule has 0 saturated heterocycles. The zero-order chi connectivity index (χ0) is 21.7. The lowest BCUT2D eigenvalue weighted by Crippen LogP contribution is -2.40. The molecule has 0 fully saturated rings. The molecule has 3 rings (SSSR count). The molecular formula is C23H27ClN4O2. The van der Waals surface area contributed by atoms with Crippen molar-refractivity contribution in [3.05, 3.63) is 75.0 Å². The highest BCUT2D eigenvalue weighted by atomic mass is 35.5. The minimum Gasteiger partial charge on any atom is -0.322 e. The van der Waals surface area contributed by atoms with Gasteiger partial charge in [-0.3, -0.25) is 4.79 Å². The van der Waals surface area contributed by atoms with Gasteiger partial charge in [0, 0.05) is 34.9 Å². The molecule has 0 atom stereocenters. The van der Waals surface area contributed by atoms with Crippen molar-refractivity contribution in [3.63, 3.8) is 0 Å². The van der Waals surface area contributed by atoms with Gasteiger partial charge in [-0.15, -0.1) is 0 Å². The van der Waals surface area contributed by atoms with E-state index < -0.39 is 0 Å². The first-order chi connectivity index (χ1) is 14.4. The van der Waals surface area contributed by atoms with Crippen molar-refractivity contribution in [2.45, 2.75) is 19.9 Å². The van der Waals surface area contributed by atoms with Crippen LogP contribution in [0.3, 0.4) is 0 Å². The van der Waals surface area contributed by atoms with Crippen LogP contribution < -0.4 is 10.9 Å². The quantitative estimate of drug-likeness (QED) is 0.590. The van der Waals surface area contributed by atoms with Crippen LogP contribution in [-0.4, -0.2) is 48.0 Å². The van der Waals surface area contributed by atoms with Gasteiger partial charge in [-0.1, -0.05) is 24.6 Å². The highest BCUT2D eigenvalue weighted by Crippen LogP contribution is 2.17. The van der Waals surface area contributed by atoms with Crippen molar-refractivity contribution in [1.82, 2.24) is 14.8 Å². The Hall–Kier alpha value is -2.83. The van der Waals surface area contributed by atoms with Crippen molar-refractivity contribution in [2.24, 2.45) is 0 Å². The van der Waals surface area contributed by atoms with Gasteiger partial charge in [-0.05, 0) is 73.9 Å². The Morgan fingerprint density at radius 2 is 1.80 bits per heavy atom. The van der Waals surface area contributed by atoms with Gasteiger partial charge in [0.1, 0.15) is 0 Å². The number of aromatic amines is 1. The number of likely N-dealkylation sites (N-methyl/N-ethyl adjacent to an activating group) is 1. The van der Waals surface area contributed by atoms with E-state index in [4.69, 9.17) is 11.6 Å². The molecule has 0 radical (unpaired) electrons. The summed E-state index contributed by atoms with van der Waals surface area (Å²) in [5, 5.41) is 4.46. The van der Waals surface area contributed by atoms with Gasteiger partial charge in [0.2, 0.25) is 0 Å². The molecule has 1 heterocycles. The normalized spacial score (nSPS) is 11.1. The third-order valence-corrected chi connectivity index (χ3v) is 5.21. The minimum atomic E-state index is -0.263. The molecule has 6 nitrogen and oxygen atoms in total. The first-order valence-electron chi connectivity index (χ1n) is 9.96. The predicted octanol–water partition coefficient (Wildman–Crippen LogP) is 4.34. The average Bonchev–Trinajstić information content (AvgIpc) is 2.72. The first-order valence-corrected chi connectivity index (χ1v) is 10.3. The summed E-state index contributed by atoms with van der Waals surface area (Å²) in [4.78, 5) is 32.2. The van der Waals surface area contributed by atoms with Gasteiger partial charge in [0.25, 0.3) is 5.56 Å². The van der Waals surface area contributed by atoms with E-state index in [1.165, 1.54) is 5.56 Å². The van der Waals surface area contributed by atoms with Crippen LogP contribution in [-0.2, 0) is 13.0 Å². The van der Waals surface area contributed by atoms with E-state index in [1.807, 2.05) is 37.2 Å². The first kappa shape index (κ1) is 21.9. The summed E-state index contributed by atoms with van der Waals surface area (Å²) in [6, 6.07) is 14.6. The van der Waals surface area contributed by atoms with Gasteiger partial charge >= 0.3 is 6.03 Å². The Morgan fingerprint density at radius 1 is 1.07 bits per heavy atom. The Kier molecular flexibility index (Phi) is 7.13. The van der Waals surface area contributed by atoms with Gasteiger partial charge in [-0.2, -0.15) is 0 Å². The number of carbonyl (C=O) groups excluding carboxylic acids is 1. The summed E-state index contributed by atoms with van der Waals surface area (Å²) < 4.78 is 0. The molecule has 1 aromatic heterocycles. The summed E-state index contributed by atoms with van der Waals surface area (Å²) in [6.45, 7) is 3.48. The third kappa shape index (κ3) is 5.62. The molecule has 158 valence electrons. The fourth-order valence-corrected chi connectivity index (χ4v) is 3.28. The number of aromatic nitrogens is 1. The Morgan fingerprint density at radius 3 is 2.47 bits per heavy atom. The third-order valence-electron chi connectivity index (χ3n) is 4.95. The SMILES string of the molecule is CCc1ccc2[nH]c(=O)c(CN(CCN(C)C)C(=O)Nc3ccc(Cl)cc3)cc2c1. The minimum absolute atomic E-state index is 0.180. The number of amides is 2. The molecule has 2 N–H and O–H groups in total. The maximum absolute atomic E-state index is 12.9. The van der Waals surface area contributed by atoms with Crippen LogP contribution in [0, 0.1) is 0 Å². The highest BCUT2D eigenvalue weighted by molar-refractivity contribution is 6.30. The van der Waals surface area contributed by atoms with Crippen LogP contribution >= 0.6 is 11.6 Å². The van der Waals surface area contributed by atoms with E-state index in [1.54, 1.807) is 29.2 Å². The summed E-state index contributed by atoms with van der Waals surface area (Å²) in [5.41, 5.74) is 3.03. The molecule has 0 aliphatic rings. The number of carbonyl (C=O) groups is 1. The van der Waals surface area contributed by atoms with Gasteiger partial charge in [-0.25, -0.2) is 4.79 Å². The number of nitrogens with one attached hydrogen (secondary N) is 2. The number of pyridine rings is 1. The van der Waals surface area contributed by atoms with Gasteiger partial charge in [0.15, 0.2) is 0 Å². The summed E-state index contributed by atoms with van der Waals surface area (Å²) in [6.07, 6.45) is 0.920. The van der Waals surface area contributed by atoms with Crippen molar-refractivity contribution in [3.8, 4) is 0 Å². The number of aryl methyl sites for hydroxylation is 1. The second-order valence-corrected chi connectivity index (χ2v) is 8.00. The topological polar surface area (TPSA) is 68.4 Å². The van der Waals surface area contributed by atoms with Crippen molar-refractivity contribution in [1.29, 1.82) is 0 Å². The van der Waals surface area contributed by atoms with E-state index in [0.717, 1.165) is 17.3 Å². The number of benzene rings is 2. The number of anilines is 1. The summed E-state index contributed by atoms with van der Waals surface area (Å²) in [5.74, 6) is 0. The number of hydrogen-bond donors (Lipinski definition) is 2. The van der Waals surface area contributed by atoms with Gasteiger partial charge in [0.05, 0.1) is 6.54 Å². The number of H-pyrrole nitrogens is 1. The maximum Gasteiger partial charge on any atom is 0.322 e. The lowest BCUT2D eigenvalue weighted by molar-refractivity contribution is 0.202. The number of nitrogens with zero attached hydrogens (tertiary/aromatic N) is 2. The number of urea groups is 1. The fraction of sp³-hybridized carbons (Fsp3) is 0.304. The molecule has 0 aliphatic carbocycles. The molecule has 0 unspecified atom stereocenters. The second-order valence-electron chi connectivity index (χ2n) is 7.56. The van der Waals surface area contributed by atoms with E-state index in [-0.39, 0.29) is 18.1 Å². The van der Waals surface area contributed by atoms with Crippen LogP contribution in [0.25, 0.3) is 10.9 Å². The van der Waals surface area contributed by atoms with Crippen molar-refractivity contribution >= 4 is 34.2 Å². The highest BCUT2D eigenvalue weighted by Gasteiger charge is 2.17. The Balaban J connectivity index is 1.86. The van der Waals surface area contributed by atoms with E-state index in [2.05, 4.69) is 23.3 Å². The molecule has 3 aromatic rings. The van der Waals surface area contributed by atoms with Crippen molar-refractivity contribution < 1.29 is 4.79 Å². The van der Waals surface area contributed by atoms with Crippen molar-refractivity contribution in [2.75, 3.05) is 32.5 Å². The van der Waals surface area contributed by atoms with Crippen LogP contribution in [0.1, 0.15) is 18.1 Å². The number of hydrogen-bond acceptors (Lipinski definition) is 3. The molecule has 7 heteroatoms. The molecular weight excluding hydrogens is 400 g/mol. The largest absolute Gasteiger partial charge is 0.322 e. The number of rotatable bonds is 7. The molecule has 2 aromatic carbocycles. The molecule has 0 aliphatic heterocycles. The van der Waals surface area contributed by atoms with Gasteiger partial charge < -0.3 is 20.1 Å². The summed E-state index contributed by atoms with van der Waals surface area (Å²) in [7, 11) is 3.90. The van der Waals surface area contributed by atoms with E-state index >= 15 is 0 Å². The standard InChI is InChI=1S/C23H27ClN4O2/c1-4-16-5-10-21-17(13-16)14-18(22(29)26-21)15-28(12-11-27(2)3)23(30)25-20-8-6-19(24)7-9-20/h5-10,13-14H,4,11-12,15H2,1-3H3,(H,25,30)(H,26,29). The second kappa shape index (κ2) is 9.78. The smallest absolute Gasteiger partial charge is 0.322 e. The Bertz CT molecular complexity index is 1080. The molecule has 2 amide bonds. The lowest BCUT2D eigenvalue weighted by Gasteiger charge is -2.24. The van der Waals surface area contributed by atoms with Crippen LogP contribution in [0.15, 0.2) is 53.3 Å². The maximum atomic E-state index is 12.9. The van der Waals surface area contributed by atoms with E-state index in [9.17, 15) is 9.59 Å².